The van der Waals surface area contributed by atoms with Crippen molar-refractivity contribution in [2.24, 2.45) is 0 Å². The number of aromatic hydroxyl groups is 1. The molecule has 0 bridgehead atoms. The molecule has 0 radical (unpaired) electrons. The Morgan fingerprint density at radius 3 is 2.64 bits per heavy atom. The van der Waals surface area contributed by atoms with E-state index in [2.05, 4.69) is 5.32 Å². The summed E-state index contributed by atoms with van der Waals surface area (Å²) in [5, 5.41) is 12.9. The van der Waals surface area contributed by atoms with Crippen LogP contribution in [0.4, 0.5) is 8.78 Å². The maximum Gasteiger partial charge on any atom is 0.162 e. The Balaban J connectivity index is 1.90. The maximum absolute atomic E-state index is 14.1. The summed E-state index contributed by atoms with van der Waals surface area (Å²) in [6.45, 7) is 1.50. The zero-order valence-corrected chi connectivity index (χ0v) is 12.1. The van der Waals surface area contributed by atoms with E-state index in [-0.39, 0.29) is 17.6 Å². The van der Waals surface area contributed by atoms with Gasteiger partial charge in [0.25, 0.3) is 0 Å². The highest BCUT2D eigenvalue weighted by Gasteiger charge is 2.34. The molecule has 2 aromatic rings. The average Bonchev–Trinajstić information content (AvgIpc) is 2.85. The third-order valence-electron chi connectivity index (χ3n) is 4.95. The summed E-state index contributed by atoms with van der Waals surface area (Å²) in [5.74, 6) is -0.971. The van der Waals surface area contributed by atoms with Crippen LogP contribution in [0.3, 0.4) is 0 Å². The third-order valence-corrected chi connectivity index (χ3v) is 4.95. The first-order valence-electron chi connectivity index (χ1n) is 7.65. The predicted molar refractivity (Wildman–Crippen MR) is 80.2 cm³/mol. The molecule has 0 aromatic heterocycles. The van der Waals surface area contributed by atoms with Gasteiger partial charge in [0.2, 0.25) is 0 Å². The molecule has 2 atom stereocenters. The first kappa shape index (κ1) is 13.7. The van der Waals surface area contributed by atoms with Crippen LogP contribution >= 0.6 is 0 Å². The van der Waals surface area contributed by atoms with Crippen molar-refractivity contribution in [3.63, 3.8) is 0 Å². The SMILES string of the molecule is Oc1ccc([C@@H]2CNC[C@H]3CCc4c(F)c(F)cc2c43)cc1. The van der Waals surface area contributed by atoms with E-state index in [0.29, 0.717) is 18.5 Å². The first-order valence-corrected chi connectivity index (χ1v) is 7.65. The minimum Gasteiger partial charge on any atom is -0.508 e. The van der Waals surface area contributed by atoms with Gasteiger partial charge in [0.05, 0.1) is 0 Å². The molecule has 0 saturated carbocycles. The summed E-state index contributed by atoms with van der Waals surface area (Å²) in [6, 6.07) is 8.35. The minimum absolute atomic E-state index is 0.0208. The van der Waals surface area contributed by atoms with Crippen molar-refractivity contribution < 1.29 is 13.9 Å². The van der Waals surface area contributed by atoms with E-state index in [9.17, 15) is 13.9 Å². The lowest BCUT2D eigenvalue weighted by atomic mass is 9.85. The highest BCUT2D eigenvalue weighted by Crippen LogP contribution is 2.43. The lowest BCUT2D eigenvalue weighted by Gasteiger charge is -2.20. The summed E-state index contributed by atoms with van der Waals surface area (Å²) in [5.41, 5.74) is 3.47. The second-order valence-electron chi connectivity index (χ2n) is 6.19. The van der Waals surface area contributed by atoms with Gasteiger partial charge >= 0.3 is 0 Å². The van der Waals surface area contributed by atoms with Gasteiger partial charge in [0.1, 0.15) is 5.75 Å². The van der Waals surface area contributed by atoms with Gasteiger partial charge in [-0.05, 0) is 59.2 Å². The second kappa shape index (κ2) is 5.06. The Labute approximate surface area is 127 Å². The van der Waals surface area contributed by atoms with Crippen LogP contribution in [-0.4, -0.2) is 18.2 Å². The van der Waals surface area contributed by atoms with E-state index in [1.54, 1.807) is 12.1 Å². The van der Waals surface area contributed by atoms with Crippen molar-refractivity contribution in [1.82, 2.24) is 5.32 Å². The van der Waals surface area contributed by atoms with E-state index < -0.39 is 11.6 Å². The molecule has 1 aliphatic carbocycles. The van der Waals surface area contributed by atoms with Gasteiger partial charge in [-0.15, -0.1) is 0 Å². The van der Waals surface area contributed by atoms with Crippen molar-refractivity contribution in [3.05, 3.63) is 64.2 Å². The van der Waals surface area contributed by atoms with Gasteiger partial charge in [0, 0.05) is 19.0 Å². The molecule has 4 rings (SSSR count). The molecule has 4 heteroatoms. The second-order valence-corrected chi connectivity index (χ2v) is 6.19. The molecular formula is C18H17F2NO. The highest BCUT2D eigenvalue weighted by molar-refractivity contribution is 5.49. The van der Waals surface area contributed by atoms with Crippen LogP contribution in [0.5, 0.6) is 5.75 Å². The largest absolute Gasteiger partial charge is 0.508 e. The molecule has 2 aromatic carbocycles. The number of rotatable bonds is 1. The highest BCUT2D eigenvalue weighted by atomic mass is 19.2. The van der Waals surface area contributed by atoms with Crippen molar-refractivity contribution in [2.45, 2.75) is 24.7 Å². The Bertz CT molecular complexity index is 727. The number of phenols is 1. The molecular weight excluding hydrogens is 284 g/mol. The number of hydrogen-bond acceptors (Lipinski definition) is 2. The van der Waals surface area contributed by atoms with Crippen molar-refractivity contribution >= 4 is 0 Å². The van der Waals surface area contributed by atoms with E-state index >= 15 is 0 Å². The fourth-order valence-electron chi connectivity index (χ4n) is 3.91. The van der Waals surface area contributed by atoms with Gasteiger partial charge in [-0.1, -0.05) is 12.1 Å². The van der Waals surface area contributed by atoms with Gasteiger partial charge in [-0.3, -0.25) is 0 Å². The molecule has 2 nitrogen and oxygen atoms in total. The lowest BCUT2D eigenvalue weighted by Crippen LogP contribution is -2.22. The molecule has 0 amide bonds. The quantitative estimate of drug-likeness (QED) is 0.846. The molecule has 2 aliphatic rings. The summed E-state index contributed by atoms with van der Waals surface area (Å²) in [7, 11) is 0. The van der Waals surface area contributed by atoms with Gasteiger partial charge < -0.3 is 10.4 Å². The van der Waals surface area contributed by atoms with Gasteiger partial charge in [-0.25, -0.2) is 8.78 Å². The Hall–Kier alpha value is -1.94. The fourth-order valence-corrected chi connectivity index (χ4v) is 3.91. The van der Waals surface area contributed by atoms with Crippen LogP contribution in [-0.2, 0) is 6.42 Å². The number of phenolic OH excluding ortho intramolecular Hbond substituents is 1. The monoisotopic (exact) mass is 301 g/mol. The summed E-state index contributed by atoms with van der Waals surface area (Å²) in [6.07, 6.45) is 1.48. The average molecular weight is 301 g/mol. The minimum atomic E-state index is -0.750. The van der Waals surface area contributed by atoms with Crippen LogP contribution in [0.2, 0.25) is 0 Å². The Kier molecular flexibility index (Phi) is 3.15. The standard InChI is InChI=1S/C18H17F2NO/c19-16-7-14-15(10-1-4-12(22)5-2-10)9-21-8-11-3-6-13(17(11)14)18(16)20/h1-2,4-5,7,11,15,21-22H,3,6,8-9H2/t11-,15+/m1/s1. The normalized spacial score (nSPS) is 23.2. The topological polar surface area (TPSA) is 32.3 Å². The maximum atomic E-state index is 14.1. The third kappa shape index (κ3) is 2.02. The molecule has 2 N–H and O–H groups in total. The van der Waals surface area contributed by atoms with Crippen LogP contribution in [0.25, 0.3) is 0 Å². The van der Waals surface area contributed by atoms with Crippen LogP contribution < -0.4 is 5.32 Å². The van der Waals surface area contributed by atoms with Gasteiger partial charge in [-0.2, -0.15) is 0 Å². The Morgan fingerprint density at radius 2 is 1.86 bits per heavy atom. The van der Waals surface area contributed by atoms with E-state index in [0.717, 1.165) is 29.7 Å². The smallest absolute Gasteiger partial charge is 0.162 e. The zero-order valence-electron chi connectivity index (χ0n) is 12.1. The molecule has 0 unspecified atom stereocenters. The number of benzene rings is 2. The first-order chi connectivity index (χ1) is 10.6. The number of hydrogen-bond donors (Lipinski definition) is 2. The van der Waals surface area contributed by atoms with Crippen LogP contribution in [0, 0.1) is 11.6 Å². The Morgan fingerprint density at radius 1 is 1.09 bits per heavy atom. The van der Waals surface area contributed by atoms with E-state index in [4.69, 9.17) is 0 Å². The van der Waals surface area contributed by atoms with Crippen molar-refractivity contribution in [3.8, 4) is 5.75 Å². The molecule has 1 aliphatic heterocycles. The van der Waals surface area contributed by atoms with Crippen molar-refractivity contribution in [2.75, 3.05) is 13.1 Å². The van der Waals surface area contributed by atoms with Crippen molar-refractivity contribution in [1.29, 1.82) is 0 Å². The van der Waals surface area contributed by atoms with Crippen LogP contribution in [0.1, 0.15) is 40.5 Å². The summed E-state index contributed by atoms with van der Waals surface area (Å²) >= 11 is 0. The van der Waals surface area contributed by atoms with Crippen LogP contribution in [0.15, 0.2) is 30.3 Å². The number of halogens is 2. The molecule has 0 saturated heterocycles. The number of nitrogens with one attached hydrogen (secondary N) is 1. The lowest BCUT2D eigenvalue weighted by molar-refractivity contribution is 0.475. The predicted octanol–water partition coefficient (Wildman–Crippen LogP) is 3.44. The zero-order chi connectivity index (χ0) is 15.3. The summed E-state index contributed by atoms with van der Waals surface area (Å²) in [4.78, 5) is 0. The summed E-state index contributed by atoms with van der Waals surface area (Å²) < 4.78 is 28.1. The van der Waals surface area contributed by atoms with E-state index in [1.165, 1.54) is 6.07 Å². The molecule has 0 fully saturated rings. The molecule has 114 valence electrons. The molecule has 22 heavy (non-hydrogen) atoms. The molecule has 0 spiro atoms. The molecule has 1 heterocycles. The van der Waals surface area contributed by atoms with E-state index in [1.807, 2.05) is 12.1 Å². The fraction of sp³-hybridized carbons (Fsp3) is 0.333. The van der Waals surface area contributed by atoms with Gasteiger partial charge in [0.15, 0.2) is 11.6 Å².